The molecule has 0 saturated heterocycles. The summed E-state index contributed by atoms with van der Waals surface area (Å²) in [5, 5.41) is 3.61. The summed E-state index contributed by atoms with van der Waals surface area (Å²) in [5.41, 5.74) is 6.06. The molecule has 5 rings (SSSR count). The minimum absolute atomic E-state index is 0.155. The third-order valence-corrected chi connectivity index (χ3v) is 6.14. The van der Waals surface area contributed by atoms with Crippen LogP contribution in [0.3, 0.4) is 0 Å². The Morgan fingerprint density at radius 1 is 1.10 bits per heavy atom. The van der Waals surface area contributed by atoms with E-state index in [1.54, 1.807) is 0 Å². The molecule has 4 aliphatic rings. The van der Waals surface area contributed by atoms with E-state index in [1.165, 1.54) is 38.5 Å². The molecule has 1 atom stereocenters. The maximum atomic E-state index is 5.87. The second kappa shape index (κ2) is 4.70. The van der Waals surface area contributed by atoms with Gasteiger partial charge in [-0.15, -0.1) is 0 Å². The maximum Gasteiger partial charge on any atom is 0.229 e. The lowest BCUT2D eigenvalue weighted by Gasteiger charge is -2.59. The summed E-state index contributed by atoms with van der Waals surface area (Å²) in [6, 6.07) is 0.351. The average Bonchev–Trinajstić information content (AvgIpc) is 2.35. The van der Waals surface area contributed by atoms with Crippen LogP contribution < -0.4 is 11.1 Å². The molecule has 4 fully saturated rings. The molecule has 0 aliphatic heterocycles. The molecule has 21 heavy (non-hydrogen) atoms. The zero-order valence-electron chi connectivity index (χ0n) is 12.3. The van der Waals surface area contributed by atoms with Gasteiger partial charge in [0.1, 0.15) is 0 Å². The number of nitrogens with zero attached hydrogens (tertiary/aromatic N) is 3. The van der Waals surface area contributed by atoms with Gasteiger partial charge in [-0.25, -0.2) is 0 Å². The van der Waals surface area contributed by atoms with Gasteiger partial charge in [0.25, 0.3) is 0 Å². The molecular formula is C15H22ClN5. The quantitative estimate of drug-likeness (QED) is 0.897. The maximum absolute atomic E-state index is 5.87. The van der Waals surface area contributed by atoms with Crippen molar-refractivity contribution < 1.29 is 0 Å². The van der Waals surface area contributed by atoms with Crippen LogP contribution in [-0.2, 0) is 0 Å². The molecule has 1 heterocycles. The summed E-state index contributed by atoms with van der Waals surface area (Å²) in [6.07, 6.45) is 8.41. The summed E-state index contributed by atoms with van der Waals surface area (Å²) < 4.78 is 0. The van der Waals surface area contributed by atoms with Gasteiger partial charge >= 0.3 is 0 Å². The van der Waals surface area contributed by atoms with Crippen molar-refractivity contribution in [3.05, 3.63) is 5.28 Å². The Kier molecular flexibility index (Phi) is 3.03. The van der Waals surface area contributed by atoms with E-state index in [1.807, 2.05) is 0 Å². The summed E-state index contributed by atoms with van der Waals surface area (Å²) >= 11 is 5.87. The lowest BCUT2D eigenvalue weighted by atomic mass is 9.48. The number of rotatable bonds is 3. The fraction of sp³-hybridized carbons (Fsp3) is 0.800. The van der Waals surface area contributed by atoms with Gasteiger partial charge in [-0.2, -0.15) is 15.0 Å². The predicted molar refractivity (Wildman–Crippen MR) is 82.9 cm³/mol. The number of hydrogen-bond donors (Lipinski definition) is 2. The van der Waals surface area contributed by atoms with Crippen molar-refractivity contribution in [1.29, 1.82) is 0 Å². The van der Waals surface area contributed by atoms with E-state index in [-0.39, 0.29) is 11.2 Å². The molecule has 4 aliphatic carbocycles. The highest BCUT2D eigenvalue weighted by Gasteiger charge is 2.53. The smallest absolute Gasteiger partial charge is 0.229 e. The van der Waals surface area contributed by atoms with Crippen LogP contribution in [-0.4, -0.2) is 21.0 Å². The lowest BCUT2D eigenvalue weighted by molar-refractivity contribution is -0.0603. The second-order valence-electron chi connectivity index (χ2n) is 7.43. The van der Waals surface area contributed by atoms with Gasteiger partial charge in [-0.05, 0) is 80.2 Å². The molecule has 6 heteroatoms. The molecule has 0 radical (unpaired) electrons. The summed E-state index contributed by atoms with van der Waals surface area (Å²) in [5.74, 6) is 3.50. The van der Waals surface area contributed by atoms with E-state index >= 15 is 0 Å². The fourth-order valence-corrected chi connectivity index (χ4v) is 5.65. The molecule has 3 N–H and O–H groups in total. The number of anilines is 2. The van der Waals surface area contributed by atoms with Crippen LogP contribution in [0.25, 0.3) is 0 Å². The van der Waals surface area contributed by atoms with Crippen LogP contribution in [0.5, 0.6) is 0 Å². The van der Waals surface area contributed by atoms with Crippen LogP contribution in [0.15, 0.2) is 0 Å². The Labute approximate surface area is 130 Å². The van der Waals surface area contributed by atoms with Gasteiger partial charge in [-0.1, -0.05) is 0 Å². The van der Waals surface area contributed by atoms with Crippen LogP contribution in [0, 0.1) is 23.2 Å². The van der Waals surface area contributed by atoms with Crippen molar-refractivity contribution in [3.8, 4) is 0 Å². The van der Waals surface area contributed by atoms with Crippen molar-refractivity contribution in [2.24, 2.45) is 23.2 Å². The molecule has 1 aromatic rings. The predicted octanol–water partition coefficient (Wildman–Crippen LogP) is 3.12. The van der Waals surface area contributed by atoms with Crippen molar-refractivity contribution in [3.63, 3.8) is 0 Å². The summed E-state index contributed by atoms with van der Waals surface area (Å²) in [4.78, 5) is 12.1. The Hall–Kier alpha value is -1.10. The molecule has 114 valence electrons. The van der Waals surface area contributed by atoms with Gasteiger partial charge in [0, 0.05) is 6.04 Å². The van der Waals surface area contributed by atoms with Gasteiger partial charge < -0.3 is 11.1 Å². The first kappa shape index (κ1) is 13.6. The largest absolute Gasteiger partial charge is 0.368 e. The molecule has 1 aromatic heterocycles. The summed E-state index contributed by atoms with van der Waals surface area (Å²) in [7, 11) is 0. The normalized spacial score (nSPS) is 38.5. The van der Waals surface area contributed by atoms with Crippen molar-refractivity contribution in [1.82, 2.24) is 15.0 Å². The molecule has 0 spiro atoms. The average molecular weight is 308 g/mol. The number of nitrogens with two attached hydrogens (primary N) is 1. The Balaban J connectivity index is 1.55. The minimum atomic E-state index is 0.155. The van der Waals surface area contributed by atoms with E-state index in [9.17, 15) is 0 Å². The zero-order valence-corrected chi connectivity index (χ0v) is 13.1. The van der Waals surface area contributed by atoms with Crippen LogP contribution in [0.4, 0.5) is 11.9 Å². The molecule has 0 amide bonds. The topological polar surface area (TPSA) is 76.7 Å². The number of hydrogen-bond acceptors (Lipinski definition) is 5. The first-order valence-electron chi connectivity index (χ1n) is 7.96. The first-order chi connectivity index (χ1) is 10.0. The molecule has 5 nitrogen and oxygen atoms in total. The van der Waals surface area contributed by atoms with Crippen molar-refractivity contribution in [2.45, 2.75) is 51.5 Å². The third kappa shape index (κ3) is 2.35. The molecule has 4 saturated carbocycles. The third-order valence-electron chi connectivity index (χ3n) is 5.98. The Morgan fingerprint density at radius 3 is 2.19 bits per heavy atom. The standard InChI is InChI=1S/C15H22ClN5/c1-8(18-14-20-12(16)19-13(17)21-14)15-5-9-2-10(6-15)4-11(3-9)7-15/h8-11H,2-7H2,1H3,(H3,17,18,19,20,21). The fourth-order valence-electron chi connectivity index (χ4n) is 5.48. The van der Waals surface area contributed by atoms with Crippen LogP contribution >= 0.6 is 11.6 Å². The SMILES string of the molecule is CC(Nc1nc(N)nc(Cl)n1)C12CC3CC(CC(C3)C1)C2. The first-order valence-corrected chi connectivity index (χ1v) is 8.34. The van der Waals surface area contributed by atoms with E-state index in [0.29, 0.717) is 17.4 Å². The molecular weight excluding hydrogens is 286 g/mol. The van der Waals surface area contributed by atoms with Gasteiger partial charge in [0.15, 0.2) is 0 Å². The number of aromatic nitrogens is 3. The monoisotopic (exact) mass is 307 g/mol. The molecule has 1 unspecified atom stereocenters. The number of halogens is 1. The summed E-state index contributed by atoms with van der Waals surface area (Å²) in [6.45, 7) is 2.26. The van der Waals surface area contributed by atoms with E-state index in [0.717, 1.165) is 17.8 Å². The molecule has 0 aromatic carbocycles. The van der Waals surface area contributed by atoms with Gasteiger partial charge in [0.05, 0.1) is 0 Å². The molecule has 4 bridgehead atoms. The number of nitrogens with one attached hydrogen (secondary N) is 1. The highest BCUT2D eigenvalue weighted by Crippen LogP contribution is 2.61. The van der Waals surface area contributed by atoms with Crippen LogP contribution in [0.1, 0.15) is 45.4 Å². The van der Waals surface area contributed by atoms with E-state index < -0.39 is 0 Å². The number of nitrogen functional groups attached to an aromatic ring is 1. The van der Waals surface area contributed by atoms with E-state index in [4.69, 9.17) is 17.3 Å². The van der Waals surface area contributed by atoms with Crippen molar-refractivity contribution in [2.75, 3.05) is 11.1 Å². The minimum Gasteiger partial charge on any atom is -0.368 e. The highest BCUT2D eigenvalue weighted by atomic mass is 35.5. The highest BCUT2D eigenvalue weighted by molar-refractivity contribution is 6.28. The van der Waals surface area contributed by atoms with Crippen molar-refractivity contribution >= 4 is 23.5 Å². The van der Waals surface area contributed by atoms with Gasteiger partial charge in [-0.3, -0.25) is 0 Å². The van der Waals surface area contributed by atoms with Crippen LogP contribution in [0.2, 0.25) is 5.28 Å². The van der Waals surface area contributed by atoms with Gasteiger partial charge in [0.2, 0.25) is 17.2 Å². The lowest BCUT2D eigenvalue weighted by Crippen LogP contribution is -2.53. The zero-order chi connectivity index (χ0) is 14.6. The second-order valence-corrected chi connectivity index (χ2v) is 7.77. The Bertz CT molecular complexity index is 505. The Morgan fingerprint density at radius 2 is 1.67 bits per heavy atom. The van der Waals surface area contributed by atoms with E-state index in [2.05, 4.69) is 27.2 Å².